The summed E-state index contributed by atoms with van der Waals surface area (Å²) in [6.45, 7) is 4.95. The molecule has 0 aromatic carbocycles. The third-order valence-corrected chi connectivity index (χ3v) is 3.67. The van der Waals surface area contributed by atoms with Crippen LogP contribution in [0.25, 0.3) is 0 Å². The second-order valence-corrected chi connectivity index (χ2v) is 6.13. The van der Waals surface area contributed by atoms with Gasteiger partial charge in [-0.2, -0.15) is 0 Å². The Hall–Kier alpha value is -1.10. The Morgan fingerprint density at radius 2 is 1.68 bits per heavy atom. The lowest BCUT2D eigenvalue weighted by atomic mass is 9.94. The predicted octanol–water partition coefficient (Wildman–Crippen LogP) is 1.10. The van der Waals surface area contributed by atoms with E-state index in [2.05, 4.69) is 10.6 Å². The van der Waals surface area contributed by atoms with Gasteiger partial charge in [0.1, 0.15) is 5.54 Å². The predicted molar refractivity (Wildman–Crippen MR) is 73.6 cm³/mol. The first kappa shape index (κ1) is 16.0. The van der Waals surface area contributed by atoms with Gasteiger partial charge in [-0.05, 0) is 26.7 Å². The molecule has 0 aromatic heterocycles. The highest BCUT2D eigenvalue weighted by Crippen LogP contribution is 2.26. The summed E-state index contributed by atoms with van der Waals surface area (Å²) in [6.07, 6.45) is 5.76. The molecule has 0 unspecified atom stereocenters. The first-order valence-electron chi connectivity index (χ1n) is 7.05. The van der Waals surface area contributed by atoms with E-state index < -0.39 is 11.1 Å². The number of hydrogen-bond donors (Lipinski definition) is 3. The topological polar surface area (TPSA) is 78.4 Å². The van der Waals surface area contributed by atoms with Crippen LogP contribution in [0.3, 0.4) is 0 Å². The SMILES string of the molecule is CC(=O)NC(C)(C)C(=O)NCC1(O)CCCCCC1. The molecule has 1 aliphatic carbocycles. The molecule has 1 fully saturated rings. The Morgan fingerprint density at radius 3 is 2.16 bits per heavy atom. The van der Waals surface area contributed by atoms with Gasteiger partial charge in [-0.1, -0.05) is 25.7 Å². The van der Waals surface area contributed by atoms with Crippen LogP contribution in [0.15, 0.2) is 0 Å². The third kappa shape index (κ3) is 5.19. The molecule has 0 aliphatic heterocycles. The number of aliphatic hydroxyl groups is 1. The summed E-state index contributed by atoms with van der Waals surface area (Å²) < 4.78 is 0. The maximum absolute atomic E-state index is 12.0. The summed E-state index contributed by atoms with van der Waals surface area (Å²) in [5, 5.41) is 15.8. The lowest BCUT2D eigenvalue weighted by molar-refractivity contribution is -0.132. The minimum atomic E-state index is -0.951. The molecular weight excluding hydrogens is 244 g/mol. The molecule has 3 N–H and O–H groups in total. The average Bonchev–Trinajstić information content (AvgIpc) is 2.50. The van der Waals surface area contributed by atoms with Crippen molar-refractivity contribution < 1.29 is 14.7 Å². The summed E-state index contributed by atoms with van der Waals surface area (Å²) in [7, 11) is 0. The largest absolute Gasteiger partial charge is 0.388 e. The number of amides is 2. The van der Waals surface area contributed by atoms with Crippen LogP contribution in [-0.2, 0) is 9.59 Å². The molecule has 0 spiro atoms. The number of carbonyl (C=O) groups is 2. The van der Waals surface area contributed by atoms with Crippen molar-refractivity contribution >= 4 is 11.8 Å². The van der Waals surface area contributed by atoms with Crippen LogP contribution in [-0.4, -0.2) is 34.6 Å². The molecule has 1 saturated carbocycles. The molecule has 0 bridgehead atoms. The molecule has 1 aliphatic rings. The average molecular weight is 270 g/mol. The molecule has 1 rings (SSSR count). The van der Waals surface area contributed by atoms with E-state index in [1.54, 1.807) is 13.8 Å². The van der Waals surface area contributed by atoms with Crippen LogP contribution in [0, 0.1) is 0 Å². The van der Waals surface area contributed by atoms with E-state index in [0.717, 1.165) is 38.5 Å². The van der Waals surface area contributed by atoms with Gasteiger partial charge in [0.25, 0.3) is 0 Å². The van der Waals surface area contributed by atoms with Crippen molar-refractivity contribution in [1.29, 1.82) is 0 Å². The van der Waals surface area contributed by atoms with E-state index in [0.29, 0.717) is 0 Å². The van der Waals surface area contributed by atoms with Crippen molar-refractivity contribution in [2.24, 2.45) is 0 Å². The lowest BCUT2D eigenvalue weighted by Gasteiger charge is -2.30. The van der Waals surface area contributed by atoms with Crippen LogP contribution in [0.5, 0.6) is 0 Å². The molecule has 0 atom stereocenters. The normalized spacial score (nSPS) is 19.4. The molecule has 2 amide bonds. The van der Waals surface area contributed by atoms with Crippen molar-refractivity contribution in [3.63, 3.8) is 0 Å². The van der Waals surface area contributed by atoms with Crippen LogP contribution in [0.1, 0.15) is 59.3 Å². The highest BCUT2D eigenvalue weighted by atomic mass is 16.3. The van der Waals surface area contributed by atoms with Gasteiger partial charge in [0.2, 0.25) is 11.8 Å². The molecule has 5 nitrogen and oxygen atoms in total. The zero-order valence-electron chi connectivity index (χ0n) is 12.2. The molecule has 0 saturated heterocycles. The molecule has 5 heteroatoms. The highest BCUT2D eigenvalue weighted by molar-refractivity contribution is 5.90. The fraction of sp³-hybridized carbons (Fsp3) is 0.857. The molecule has 0 heterocycles. The van der Waals surface area contributed by atoms with E-state index in [1.165, 1.54) is 6.92 Å². The van der Waals surface area contributed by atoms with Crippen molar-refractivity contribution in [1.82, 2.24) is 10.6 Å². The van der Waals surface area contributed by atoms with Crippen molar-refractivity contribution in [3.05, 3.63) is 0 Å². The van der Waals surface area contributed by atoms with Gasteiger partial charge >= 0.3 is 0 Å². The van der Waals surface area contributed by atoms with Crippen LogP contribution < -0.4 is 10.6 Å². The van der Waals surface area contributed by atoms with E-state index >= 15 is 0 Å². The third-order valence-electron chi connectivity index (χ3n) is 3.67. The van der Waals surface area contributed by atoms with Crippen LogP contribution in [0.2, 0.25) is 0 Å². The van der Waals surface area contributed by atoms with E-state index in [4.69, 9.17) is 0 Å². The van der Waals surface area contributed by atoms with Crippen LogP contribution >= 0.6 is 0 Å². The number of nitrogens with one attached hydrogen (secondary N) is 2. The summed E-state index contributed by atoms with van der Waals surface area (Å²) >= 11 is 0. The van der Waals surface area contributed by atoms with E-state index in [1.807, 2.05) is 0 Å². The summed E-state index contributed by atoms with van der Waals surface area (Å²) in [5.74, 6) is -0.506. The lowest BCUT2D eigenvalue weighted by Crippen LogP contribution is -2.56. The minimum Gasteiger partial charge on any atom is -0.388 e. The zero-order valence-corrected chi connectivity index (χ0v) is 12.2. The van der Waals surface area contributed by atoms with E-state index in [9.17, 15) is 14.7 Å². The number of rotatable bonds is 4. The fourth-order valence-corrected chi connectivity index (χ4v) is 2.53. The molecular formula is C14H26N2O3. The standard InChI is InChI=1S/C14H26N2O3/c1-11(17)16-13(2,3)12(18)15-10-14(19)8-6-4-5-7-9-14/h19H,4-10H2,1-3H3,(H,15,18)(H,16,17). The van der Waals surface area contributed by atoms with Crippen molar-refractivity contribution in [2.45, 2.75) is 70.4 Å². The molecule has 19 heavy (non-hydrogen) atoms. The maximum Gasteiger partial charge on any atom is 0.245 e. The fourth-order valence-electron chi connectivity index (χ4n) is 2.53. The second-order valence-electron chi connectivity index (χ2n) is 6.13. The van der Waals surface area contributed by atoms with Gasteiger partial charge in [-0.15, -0.1) is 0 Å². The Bertz CT molecular complexity index is 332. The molecule has 110 valence electrons. The Morgan fingerprint density at radius 1 is 1.16 bits per heavy atom. The Labute approximate surface area is 115 Å². The quantitative estimate of drug-likeness (QED) is 0.669. The zero-order chi connectivity index (χ0) is 14.5. The summed E-state index contributed by atoms with van der Waals surface area (Å²) in [5.41, 5.74) is -1.74. The first-order chi connectivity index (χ1) is 8.75. The Kier molecular flexibility index (Phi) is 5.35. The van der Waals surface area contributed by atoms with Gasteiger partial charge in [-0.3, -0.25) is 9.59 Å². The molecule has 0 radical (unpaired) electrons. The highest BCUT2D eigenvalue weighted by Gasteiger charge is 2.32. The second kappa shape index (κ2) is 6.37. The number of hydrogen-bond acceptors (Lipinski definition) is 3. The smallest absolute Gasteiger partial charge is 0.245 e. The summed E-state index contributed by atoms with van der Waals surface area (Å²) in [6, 6.07) is 0. The number of carbonyl (C=O) groups excluding carboxylic acids is 2. The van der Waals surface area contributed by atoms with Crippen molar-refractivity contribution in [3.8, 4) is 0 Å². The minimum absolute atomic E-state index is 0.242. The van der Waals surface area contributed by atoms with Crippen LogP contribution in [0.4, 0.5) is 0 Å². The first-order valence-corrected chi connectivity index (χ1v) is 7.05. The summed E-state index contributed by atoms with van der Waals surface area (Å²) in [4.78, 5) is 23.1. The van der Waals surface area contributed by atoms with Gasteiger partial charge in [0.15, 0.2) is 0 Å². The monoisotopic (exact) mass is 270 g/mol. The Balaban J connectivity index is 2.50. The van der Waals surface area contributed by atoms with Gasteiger partial charge in [0.05, 0.1) is 5.60 Å². The van der Waals surface area contributed by atoms with E-state index in [-0.39, 0.29) is 18.4 Å². The van der Waals surface area contributed by atoms with Crippen molar-refractivity contribution in [2.75, 3.05) is 6.54 Å². The molecule has 0 aromatic rings. The maximum atomic E-state index is 12.0. The van der Waals surface area contributed by atoms with Gasteiger partial charge < -0.3 is 15.7 Å². The van der Waals surface area contributed by atoms with Gasteiger partial charge in [-0.25, -0.2) is 0 Å². The van der Waals surface area contributed by atoms with Gasteiger partial charge in [0, 0.05) is 13.5 Å².